The topological polar surface area (TPSA) is 42.5 Å². The van der Waals surface area contributed by atoms with Gasteiger partial charge in [0, 0.05) is 18.1 Å². The maximum Gasteiger partial charge on any atom is 0.194 e. The van der Waals surface area contributed by atoms with Gasteiger partial charge in [-0.2, -0.15) is 0 Å². The Hall–Kier alpha value is -1.24. The van der Waals surface area contributed by atoms with Gasteiger partial charge in [0.2, 0.25) is 0 Å². The summed E-state index contributed by atoms with van der Waals surface area (Å²) in [7, 11) is 0. The number of nitrogens with one attached hydrogen (secondary N) is 1. The maximum absolute atomic E-state index is 5.36. The molecule has 0 saturated carbocycles. The monoisotopic (exact) mass is 293 g/mol. The highest BCUT2D eigenvalue weighted by atomic mass is 32.2. The Bertz CT molecular complexity index is 642. The Labute approximate surface area is 119 Å². The van der Waals surface area contributed by atoms with Crippen LogP contribution in [0.3, 0.4) is 0 Å². The number of aromatic nitrogens is 2. The molecule has 0 aliphatic carbocycles. The Morgan fingerprint density at radius 3 is 3.26 bits per heavy atom. The van der Waals surface area contributed by atoms with E-state index in [1.54, 1.807) is 29.4 Å². The molecule has 0 bridgehead atoms. The van der Waals surface area contributed by atoms with Crippen molar-refractivity contribution in [1.82, 2.24) is 14.7 Å². The first-order valence-electron chi connectivity index (χ1n) is 6.19. The van der Waals surface area contributed by atoms with Gasteiger partial charge >= 0.3 is 0 Å². The number of thioether (sulfide) groups is 1. The van der Waals surface area contributed by atoms with E-state index in [0.29, 0.717) is 0 Å². The first-order chi connectivity index (χ1) is 9.38. The van der Waals surface area contributed by atoms with E-state index in [1.807, 2.05) is 12.1 Å². The maximum atomic E-state index is 5.36. The highest BCUT2D eigenvalue weighted by molar-refractivity contribution is 7.98. The molecule has 0 atom stereocenters. The molecule has 3 aromatic heterocycles. The SMILES string of the molecule is CCNCc1c(SCc2ccco2)nc2sccn12. The van der Waals surface area contributed by atoms with Gasteiger partial charge in [-0.25, -0.2) is 4.98 Å². The van der Waals surface area contributed by atoms with Crippen molar-refractivity contribution < 1.29 is 4.42 Å². The molecule has 100 valence electrons. The summed E-state index contributed by atoms with van der Waals surface area (Å²) >= 11 is 3.39. The van der Waals surface area contributed by atoms with E-state index in [0.717, 1.165) is 34.6 Å². The molecule has 19 heavy (non-hydrogen) atoms. The van der Waals surface area contributed by atoms with Crippen LogP contribution in [0.1, 0.15) is 18.4 Å². The highest BCUT2D eigenvalue weighted by Crippen LogP contribution is 2.28. The summed E-state index contributed by atoms with van der Waals surface area (Å²) < 4.78 is 7.53. The summed E-state index contributed by atoms with van der Waals surface area (Å²) in [5.74, 6) is 1.80. The van der Waals surface area contributed by atoms with Crippen LogP contribution in [0.5, 0.6) is 0 Å². The molecule has 0 saturated heterocycles. The number of imidazole rings is 1. The van der Waals surface area contributed by atoms with Crippen molar-refractivity contribution in [2.45, 2.75) is 24.2 Å². The van der Waals surface area contributed by atoms with E-state index in [4.69, 9.17) is 4.42 Å². The molecule has 0 spiro atoms. The molecule has 0 aliphatic rings. The van der Waals surface area contributed by atoms with Crippen molar-refractivity contribution in [2.24, 2.45) is 0 Å². The second kappa shape index (κ2) is 5.81. The molecule has 3 aromatic rings. The third-order valence-electron chi connectivity index (χ3n) is 2.80. The van der Waals surface area contributed by atoms with E-state index in [2.05, 4.69) is 33.2 Å². The second-order valence-electron chi connectivity index (χ2n) is 4.07. The van der Waals surface area contributed by atoms with Gasteiger partial charge in [-0.1, -0.05) is 18.7 Å². The number of rotatable bonds is 6. The predicted molar refractivity (Wildman–Crippen MR) is 78.7 cm³/mol. The summed E-state index contributed by atoms with van der Waals surface area (Å²) in [4.78, 5) is 5.74. The van der Waals surface area contributed by atoms with Gasteiger partial charge in [0.25, 0.3) is 0 Å². The fourth-order valence-corrected chi connectivity index (χ4v) is 3.59. The van der Waals surface area contributed by atoms with Crippen molar-refractivity contribution in [3.05, 3.63) is 41.4 Å². The van der Waals surface area contributed by atoms with Crippen LogP contribution < -0.4 is 5.32 Å². The lowest BCUT2D eigenvalue weighted by Crippen LogP contribution is -2.13. The second-order valence-corrected chi connectivity index (χ2v) is 5.90. The average molecular weight is 293 g/mol. The Morgan fingerprint density at radius 1 is 1.53 bits per heavy atom. The van der Waals surface area contributed by atoms with Crippen LogP contribution in [-0.2, 0) is 12.3 Å². The van der Waals surface area contributed by atoms with Crippen LogP contribution in [0.4, 0.5) is 0 Å². The van der Waals surface area contributed by atoms with E-state index in [1.165, 1.54) is 5.69 Å². The van der Waals surface area contributed by atoms with Crippen LogP contribution in [0.2, 0.25) is 0 Å². The number of furan rings is 1. The Morgan fingerprint density at radius 2 is 2.47 bits per heavy atom. The van der Waals surface area contributed by atoms with Crippen LogP contribution in [0.15, 0.2) is 39.4 Å². The van der Waals surface area contributed by atoms with Gasteiger partial charge in [-0.05, 0) is 18.7 Å². The molecular weight excluding hydrogens is 278 g/mol. The summed E-state index contributed by atoms with van der Waals surface area (Å²) in [6.45, 7) is 3.91. The first-order valence-corrected chi connectivity index (χ1v) is 8.05. The Kier molecular flexibility index (Phi) is 3.91. The zero-order valence-electron chi connectivity index (χ0n) is 10.6. The van der Waals surface area contributed by atoms with Crippen molar-refractivity contribution in [1.29, 1.82) is 0 Å². The fraction of sp³-hybridized carbons (Fsp3) is 0.308. The minimum absolute atomic E-state index is 0.816. The van der Waals surface area contributed by atoms with Gasteiger partial charge in [-0.15, -0.1) is 11.3 Å². The molecule has 0 aromatic carbocycles. The van der Waals surface area contributed by atoms with Crippen molar-refractivity contribution in [3.63, 3.8) is 0 Å². The molecule has 0 fully saturated rings. The predicted octanol–water partition coefficient (Wildman–Crippen LogP) is 3.39. The molecule has 0 unspecified atom stereocenters. The van der Waals surface area contributed by atoms with Crippen molar-refractivity contribution in [2.75, 3.05) is 6.54 Å². The third-order valence-corrected chi connectivity index (χ3v) is 4.58. The van der Waals surface area contributed by atoms with Crippen molar-refractivity contribution >= 4 is 28.1 Å². The largest absolute Gasteiger partial charge is 0.468 e. The molecule has 3 heterocycles. The lowest BCUT2D eigenvalue weighted by atomic mass is 10.4. The minimum Gasteiger partial charge on any atom is -0.468 e. The summed E-state index contributed by atoms with van der Waals surface area (Å²) in [5.41, 5.74) is 1.23. The number of thiazole rings is 1. The van der Waals surface area contributed by atoms with Gasteiger partial charge in [0.15, 0.2) is 4.96 Å². The van der Waals surface area contributed by atoms with Crippen LogP contribution in [0.25, 0.3) is 4.96 Å². The molecule has 0 aliphatic heterocycles. The summed E-state index contributed by atoms with van der Waals surface area (Å²) in [6.07, 6.45) is 3.79. The van der Waals surface area contributed by atoms with Gasteiger partial charge in [0.05, 0.1) is 17.7 Å². The summed E-state index contributed by atoms with van der Waals surface area (Å²) in [6, 6.07) is 3.91. The number of fused-ring (bicyclic) bond motifs is 1. The molecule has 3 rings (SSSR count). The smallest absolute Gasteiger partial charge is 0.194 e. The average Bonchev–Trinajstić information content (AvgIpc) is 3.11. The number of hydrogen-bond donors (Lipinski definition) is 1. The molecule has 4 nitrogen and oxygen atoms in total. The standard InChI is InChI=1S/C13H15N3OS2/c1-2-14-8-11-12(15-13-16(11)5-7-18-13)19-9-10-4-3-6-17-10/h3-7,14H,2,8-9H2,1H3. The zero-order chi connectivity index (χ0) is 13.1. The van der Waals surface area contributed by atoms with Gasteiger partial charge in [0.1, 0.15) is 10.8 Å². The number of nitrogens with zero attached hydrogens (tertiary/aromatic N) is 2. The lowest BCUT2D eigenvalue weighted by Gasteiger charge is -2.03. The molecule has 6 heteroatoms. The molecule has 0 amide bonds. The minimum atomic E-state index is 0.816. The molecule has 0 radical (unpaired) electrons. The van der Waals surface area contributed by atoms with Crippen LogP contribution in [-0.4, -0.2) is 15.9 Å². The molecule has 1 N–H and O–H groups in total. The first kappa shape index (κ1) is 12.8. The van der Waals surface area contributed by atoms with Crippen LogP contribution >= 0.6 is 23.1 Å². The van der Waals surface area contributed by atoms with E-state index >= 15 is 0 Å². The lowest BCUT2D eigenvalue weighted by molar-refractivity contribution is 0.530. The van der Waals surface area contributed by atoms with Gasteiger partial charge < -0.3 is 9.73 Å². The van der Waals surface area contributed by atoms with E-state index in [9.17, 15) is 0 Å². The quantitative estimate of drug-likeness (QED) is 0.707. The van der Waals surface area contributed by atoms with E-state index < -0.39 is 0 Å². The normalized spacial score (nSPS) is 11.4. The summed E-state index contributed by atoms with van der Waals surface area (Å²) in [5, 5.41) is 6.53. The number of hydrogen-bond acceptors (Lipinski definition) is 5. The van der Waals surface area contributed by atoms with Gasteiger partial charge in [-0.3, -0.25) is 4.40 Å². The highest BCUT2D eigenvalue weighted by Gasteiger charge is 2.13. The molecular formula is C13H15N3OS2. The zero-order valence-corrected chi connectivity index (χ0v) is 12.3. The van der Waals surface area contributed by atoms with E-state index in [-0.39, 0.29) is 0 Å². The fourth-order valence-electron chi connectivity index (χ4n) is 1.87. The Balaban J connectivity index is 1.82. The van der Waals surface area contributed by atoms with Crippen molar-refractivity contribution in [3.8, 4) is 0 Å². The third kappa shape index (κ3) is 2.70. The van der Waals surface area contributed by atoms with Crippen LogP contribution in [0, 0.1) is 0 Å².